The number of aryl methyl sites for hydroxylation is 1. The first-order valence-electron chi connectivity index (χ1n) is 9.32. The molecule has 0 fully saturated rings. The van der Waals surface area contributed by atoms with E-state index in [-0.39, 0.29) is 17.2 Å². The zero-order chi connectivity index (χ0) is 21.8. The third kappa shape index (κ3) is 4.38. The van der Waals surface area contributed by atoms with E-state index in [2.05, 4.69) is 15.2 Å². The molecule has 1 N–H and O–H groups in total. The van der Waals surface area contributed by atoms with E-state index in [0.29, 0.717) is 40.1 Å². The first kappa shape index (κ1) is 21.6. The lowest BCUT2D eigenvalue weighted by Crippen LogP contribution is -2.17. The molecule has 0 aliphatic heterocycles. The summed E-state index contributed by atoms with van der Waals surface area (Å²) in [6, 6.07) is 3.55. The SMILES string of the molecule is CCn1c(SCC(=O)OCC(=O)c2[nH]c(C)c(C(C)=O)c2C)nnc1-c1ccco1. The molecule has 0 bridgehead atoms. The van der Waals surface area contributed by atoms with E-state index in [0.717, 1.165) is 0 Å². The summed E-state index contributed by atoms with van der Waals surface area (Å²) in [5.41, 5.74) is 1.96. The molecule has 3 rings (SSSR count). The van der Waals surface area contributed by atoms with Crippen LogP contribution in [0.5, 0.6) is 0 Å². The summed E-state index contributed by atoms with van der Waals surface area (Å²) < 4.78 is 12.3. The molecule has 0 aliphatic rings. The summed E-state index contributed by atoms with van der Waals surface area (Å²) in [6.45, 7) is 7.00. The van der Waals surface area contributed by atoms with Gasteiger partial charge in [-0.1, -0.05) is 11.8 Å². The number of hydrogen-bond acceptors (Lipinski definition) is 8. The Kier molecular flexibility index (Phi) is 6.56. The zero-order valence-corrected chi connectivity index (χ0v) is 18.0. The van der Waals surface area contributed by atoms with Crippen molar-refractivity contribution < 1.29 is 23.5 Å². The van der Waals surface area contributed by atoms with Gasteiger partial charge in [0, 0.05) is 17.8 Å². The maximum absolute atomic E-state index is 12.4. The van der Waals surface area contributed by atoms with E-state index in [1.807, 2.05) is 11.5 Å². The molecule has 0 aliphatic carbocycles. The minimum absolute atomic E-state index is 0.0228. The number of H-pyrrole nitrogens is 1. The second kappa shape index (κ2) is 9.12. The molecule has 0 amide bonds. The Morgan fingerprint density at radius 3 is 2.63 bits per heavy atom. The largest absolute Gasteiger partial charge is 0.461 e. The molecule has 0 spiro atoms. The van der Waals surface area contributed by atoms with Crippen LogP contribution in [0.2, 0.25) is 0 Å². The van der Waals surface area contributed by atoms with Crippen molar-refractivity contribution in [3.05, 3.63) is 40.9 Å². The summed E-state index contributed by atoms with van der Waals surface area (Å²) in [5, 5.41) is 8.77. The average molecular weight is 430 g/mol. The number of furan rings is 1. The predicted molar refractivity (Wildman–Crippen MR) is 110 cm³/mol. The number of nitrogens with one attached hydrogen (secondary N) is 1. The first-order chi connectivity index (χ1) is 14.3. The van der Waals surface area contributed by atoms with Crippen molar-refractivity contribution in [2.75, 3.05) is 12.4 Å². The van der Waals surface area contributed by atoms with E-state index in [1.54, 1.807) is 32.2 Å². The molecule has 0 aromatic carbocycles. The van der Waals surface area contributed by atoms with E-state index < -0.39 is 18.4 Å². The summed E-state index contributed by atoms with van der Waals surface area (Å²) in [4.78, 5) is 39.1. The normalized spacial score (nSPS) is 10.9. The van der Waals surface area contributed by atoms with Gasteiger partial charge in [-0.05, 0) is 45.4 Å². The summed E-state index contributed by atoms with van der Waals surface area (Å²) >= 11 is 1.17. The molecule has 0 saturated carbocycles. The number of rotatable bonds is 9. The molecule has 9 nitrogen and oxygen atoms in total. The number of aromatic nitrogens is 4. The molecular weight excluding hydrogens is 408 g/mol. The number of ketones is 2. The lowest BCUT2D eigenvalue weighted by atomic mass is 10.1. The fourth-order valence-electron chi connectivity index (χ4n) is 3.21. The number of thioether (sulfide) groups is 1. The van der Waals surface area contributed by atoms with Gasteiger partial charge in [0.05, 0.1) is 17.7 Å². The number of Topliss-reactive ketones (excluding diaryl/α,β-unsaturated/α-hetero) is 2. The minimum Gasteiger partial charge on any atom is -0.461 e. The topological polar surface area (TPSA) is 120 Å². The number of ether oxygens (including phenoxy) is 1. The number of carbonyl (C=O) groups is 3. The smallest absolute Gasteiger partial charge is 0.316 e. The highest BCUT2D eigenvalue weighted by Crippen LogP contribution is 2.24. The first-order valence-corrected chi connectivity index (χ1v) is 10.3. The van der Waals surface area contributed by atoms with Gasteiger partial charge in [0.2, 0.25) is 5.78 Å². The van der Waals surface area contributed by atoms with E-state index >= 15 is 0 Å². The molecule has 3 aromatic rings. The van der Waals surface area contributed by atoms with Crippen LogP contribution in [0, 0.1) is 13.8 Å². The zero-order valence-electron chi connectivity index (χ0n) is 17.1. The maximum Gasteiger partial charge on any atom is 0.316 e. The van der Waals surface area contributed by atoms with Crippen LogP contribution in [-0.4, -0.2) is 49.6 Å². The van der Waals surface area contributed by atoms with Crippen LogP contribution in [0.25, 0.3) is 11.6 Å². The van der Waals surface area contributed by atoms with Gasteiger partial charge < -0.3 is 14.1 Å². The predicted octanol–water partition coefficient (Wildman–Crippen LogP) is 3.22. The molecule has 0 atom stereocenters. The molecular formula is C20H22N4O5S. The lowest BCUT2D eigenvalue weighted by molar-refractivity contribution is -0.139. The van der Waals surface area contributed by atoms with Gasteiger partial charge >= 0.3 is 5.97 Å². The monoisotopic (exact) mass is 430 g/mol. The number of nitrogens with zero attached hydrogens (tertiary/aromatic N) is 3. The molecule has 3 aromatic heterocycles. The second-order valence-electron chi connectivity index (χ2n) is 6.58. The van der Waals surface area contributed by atoms with Crippen LogP contribution in [0.1, 0.15) is 46.0 Å². The third-order valence-electron chi connectivity index (χ3n) is 4.53. The van der Waals surface area contributed by atoms with Crippen molar-refractivity contribution in [1.29, 1.82) is 0 Å². The molecule has 30 heavy (non-hydrogen) atoms. The van der Waals surface area contributed by atoms with Crippen molar-refractivity contribution >= 4 is 29.3 Å². The van der Waals surface area contributed by atoms with Crippen LogP contribution in [0.4, 0.5) is 0 Å². The minimum atomic E-state index is -0.550. The Balaban J connectivity index is 1.58. The third-order valence-corrected chi connectivity index (χ3v) is 5.47. The van der Waals surface area contributed by atoms with Crippen molar-refractivity contribution in [3.63, 3.8) is 0 Å². The highest BCUT2D eigenvalue weighted by Gasteiger charge is 2.21. The van der Waals surface area contributed by atoms with Crippen molar-refractivity contribution in [2.45, 2.75) is 39.4 Å². The van der Waals surface area contributed by atoms with Crippen molar-refractivity contribution in [3.8, 4) is 11.6 Å². The van der Waals surface area contributed by atoms with Gasteiger partial charge in [-0.25, -0.2) is 0 Å². The maximum atomic E-state index is 12.4. The van der Waals surface area contributed by atoms with Crippen molar-refractivity contribution in [1.82, 2.24) is 19.7 Å². The van der Waals surface area contributed by atoms with Crippen LogP contribution in [0.3, 0.4) is 0 Å². The number of carbonyl (C=O) groups excluding carboxylic acids is 3. The summed E-state index contributed by atoms with van der Waals surface area (Å²) in [6.07, 6.45) is 1.55. The van der Waals surface area contributed by atoms with Gasteiger partial charge in [-0.3, -0.25) is 19.0 Å². The van der Waals surface area contributed by atoms with Crippen LogP contribution >= 0.6 is 11.8 Å². The second-order valence-corrected chi connectivity index (χ2v) is 7.52. The van der Waals surface area contributed by atoms with Gasteiger partial charge in [0.1, 0.15) is 0 Å². The molecule has 0 radical (unpaired) electrons. The van der Waals surface area contributed by atoms with Gasteiger partial charge in [-0.15, -0.1) is 10.2 Å². The van der Waals surface area contributed by atoms with Gasteiger partial charge in [0.25, 0.3) is 0 Å². The van der Waals surface area contributed by atoms with Gasteiger partial charge in [-0.2, -0.15) is 0 Å². The van der Waals surface area contributed by atoms with Crippen LogP contribution in [-0.2, 0) is 16.1 Å². The summed E-state index contributed by atoms with van der Waals surface area (Å²) in [7, 11) is 0. The number of aromatic amines is 1. The highest BCUT2D eigenvalue weighted by atomic mass is 32.2. The Morgan fingerprint density at radius 1 is 1.27 bits per heavy atom. The Labute approximate surface area is 177 Å². The molecule has 158 valence electrons. The molecule has 3 heterocycles. The van der Waals surface area contributed by atoms with E-state index in [9.17, 15) is 14.4 Å². The standard InChI is InChI=1S/C20H22N4O5S/c1-5-24-19(15-7-6-8-28-15)22-23-20(24)30-10-16(27)29-9-14(26)18-11(2)17(13(4)25)12(3)21-18/h6-8,21H,5,9-10H2,1-4H3. The molecule has 0 saturated heterocycles. The Hall–Kier alpha value is -3.14. The average Bonchev–Trinajstić information content (AvgIpc) is 3.42. The van der Waals surface area contributed by atoms with E-state index in [1.165, 1.54) is 18.7 Å². The molecule has 0 unspecified atom stereocenters. The summed E-state index contributed by atoms with van der Waals surface area (Å²) in [5.74, 6) is 0.0795. The number of hydrogen-bond donors (Lipinski definition) is 1. The van der Waals surface area contributed by atoms with Crippen LogP contribution < -0.4 is 0 Å². The Morgan fingerprint density at radius 2 is 2.03 bits per heavy atom. The number of esters is 1. The Bertz CT molecular complexity index is 1080. The highest BCUT2D eigenvalue weighted by molar-refractivity contribution is 7.99. The fourth-order valence-corrected chi connectivity index (χ4v) is 4.01. The fraction of sp³-hybridized carbons (Fsp3) is 0.350. The lowest BCUT2D eigenvalue weighted by Gasteiger charge is -2.06. The van der Waals surface area contributed by atoms with Crippen molar-refractivity contribution in [2.24, 2.45) is 0 Å². The van der Waals surface area contributed by atoms with Crippen LogP contribution in [0.15, 0.2) is 28.0 Å². The van der Waals surface area contributed by atoms with Gasteiger partial charge in [0.15, 0.2) is 29.1 Å². The van der Waals surface area contributed by atoms with E-state index in [4.69, 9.17) is 9.15 Å². The molecule has 10 heteroatoms. The quantitative estimate of drug-likeness (QED) is 0.312.